The highest BCUT2D eigenvalue weighted by molar-refractivity contribution is 5.98. The Morgan fingerprint density at radius 3 is 2.63 bits per heavy atom. The quantitative estimate of drug-likeness (QED) is 0.852. The Morgan fingerprint density at radius 1 is 1.37 bits per heavy atom. The molecule has 0 aliphatic heterocycles. The van der Waals surface area contributed by atoms with Crippen molar-refractivity contribution in [3.05, 3.63) is 40.8 Å². The molecule has 1 aromatic carbocycles. The van der Waals surface area contributed by atoms with Crippen LogP contribution in [-0.4, -0.2) is 18.9 Å². The van der Waals surface area contributed by atoms with Gasteiger partial charge in [0.25, 0.3) is 0 Å². The fraction of sp³-hybridized carbons (Fsp3) is 0.286. The number of hydrogen-bond acceptors (Lipinski definition) is 4. The Hall–Kier alpha value is -2.17. The summed E-state index contributed by atoms with van der Waals surface area (Å²) in [5, 5.41) is 2.91. The fourth-order valence-electron chi connectivity index (χ4n) is 1.96. The topological polar surface area (TPSA) is 55.4 Å². The van der Waals surface area contributed by atoms with Gasteiger partial charge in [-0.2, -0.15) is 0 Å². The Kier molecular flexibility index (Phi) is 3.64. The first-order valence-electron chi connectivity index (χ1n) is 5.90. The molecule has 2 rings (SSSR count). The first kappa shape index (κ1) is 13.3. The van der Waals surface area contributed by atoms with Gasteiger partial charge >= 0.3 is 5.97 Å². The summed E-state index contributed by atoms with van der Waals surface area (Å²) in [5.41, 5.74) is 1.77. The molecule has 0 saturated carbocycles. The van der Waals surface area contributed by atoms with Crippen LogP contribution in [0.1, 0.15) is 30.1 Å². The SMILES string of the molecule is COC(=O)c1ccc(NC2=C(C)C(=O)CC2)c(F)c1. The van der Waals surface area contributed by atoms with Crippen LogP contribution < -0.4 is 5.32 Å². The zero-order valence-corrected chi connectivity index (χ0v) is 10.7. The highest BCUT2D eigenvalue weighted by atomic mass is 19.1. The summed E-state index contributed by atoms with van der Waals surface area (Å²) in [5.74, 6) is -1.06. The van der Waals surface area contributed by atoms with Gasteiger partial charge in [-0.05, 0) is 31.5 Å². The first-order valence-corrected chi connectivity index (χ1v) is 5.90. The summed E-state index contributed by atoms with van der Waals surface area (Å²) in [6.45, 7) is 1.72. The largest absolute Gasteiger partial charge is 0.465 e. The molecular formula is C14H14FNO3. The maximum atomic E-state index is 13.8. The summed E-state index contributed by atoms with van der Waals surface area (Å²) < 4.78 is 18.4. The number of hydrogen-bond donors (Lipinski definition) is 1. The third kappa shape index (κ3) is 2.65. The van der Waals surface area contributed by atoms with E-state index in [0.717, 1.165) is 11.8 Å². The van der Waals surface area contributed by atoms with Gasteiger partial charge in [-0.3, -0.25) is 4.79 Å². The molecule has 0 fully saturated rings. The molecule has 100 valence electrons. The molecule has 1 aliphatic rings. The molecule has 5 heteroatoms. The molecule has 1 N–H and O–H groups in total. The number of Topliss-reactive ketones (excluding diaryl/α,β-unsaturated/α-hetero) is 1. The number of ketones is 1. The van der Waals surface area contributed by atoms with E-state index >= 15 is 0 Å². The number of anilines is 1. The van der Waals surface area contributed by atoms with Gasteiger partial charge in [0.2, 0.25) is 0 Å². The minimum Gasteiger partial charge on any atom is -0.465 e. The fourth-order valence-corrected chi connectivity index (χ4v) is 1.96. The molecule has 0 heterocycles. The van der Waals surface area contributed by atoms with Gasteiger partial charge < -0.3 is 10.1 Å². The maximum Gasteiger partial charge on any atom is 0.337 e. The van der Waals surface area contributed by atoms with Crippen LogP contribution in [0.2, 0.25) is 0 Å². The normalized spacial score (nSPS) is 14.8. The Balaban J connectivity index is 2.23. The van der Waals surface area contributed by atoms with Crippen molar-refractivity contribution in [1.29, 1.82) is 0 Å². The number of allylic oxidation sites excluding steroid dienone is 2. The predicted octanol–water partition coefficient (Wildman–Crippen LogP) is 2.66. The molecule has 1 aliphatic carbocycles. The zero-order valence-electron chi connectivity index (χ0n) is 10.7. The molecule has 1 aromatic rings. The number of ether oxygens (including phenoxy) is 1. The van der Waals surface area contributed by atoms with E-state index in [1.54, 1.807) is 6.92 Å². The van der Waals surface area contributed by atoms with Crippen LogP contribution in [-0.2, 0) is 9.53 Å². The summed E-state index contributed by atoms with van der Waals surface area (Å²) in [7, 11) is 1.24. The molecule has 0 aromatic heterocycles. The van der Waals surface area contributed by atoms with Gasteiger partial charge in [0.05, 0.1) is 18.4 Å². The van der Waals surface area contributed by atoms with Crippen LogP contribution in [0.3, 0.4) is 0 Å². The lowest BCUT2D eigenvalue weighted by Crippen LogP contribution is -2.05. The van der Waals surface area contributed by atoms with Crippen LogP contribution in [0.15, 0.2) is 29.5 Å². The monoisotopic (exact) mass is 263 g/mol. The summed E-state index contributed by atoms with van der Waals surface area (Å²) in [6.07, 6.45) is 1.04. The number of carbonyl (C=O) groups is 2. The van der Waals surface area contributed by atoms with Gasteiger partial charge in [0.1, 0.15) is 5.82 Å². The molecule has 4 nitrogen and oxygen atoms in total. The van der Waals surface area contributed by atoms with Gasteiger partial charge in [-0.25, -0.2) is 9.18 Å². The van der Waals surface area contributed by atoms with Crippen LogP contribution in [0.4, 0.5) is 10.1 Å². The molecular weight excluding hydrogens is 249 g/mol. The van der Waals surface area contributed by atoms with Gasteiger partial charge in [0.15, 0.2) is 5.78 Å². The molecule has 0 unspecified atom stereocenters. The van der Waals surface area contributed by atoms with Gasteiger partial charge in [0, 0.05) is 17.7 Å². The lowest BCUT2D eigenvalue weighted by Gasteiger charge is -2.10. The van der Waals surface area contributed by atoms with Crippen molar-refractivity contribution >= 4 is 17.4 Å². The number of esters is 1. The summed E-state index contributed by atoms with van der Waals surface area (Å²) in [4.78, 5) is 22.6. The van der Waals surface area contributed by atoms with Crippen molar-refractivity contribution in [2.24, 2.45) is 0 Å². The molecule has 0 amide bonds. The smallest absolute Gasteiger partial charge is 0.337 e. The summed E-state index contributed by atoms with van der Waals surface area (Å²) >= 11 is 0. The van der Waals surface area contributed by atoms with Gasteiger partial charge in [-0.15, -0.1) is 0 Å². The van der Waals surface area contributed by atoms with Crippen molar-refractivity contribution in [3.8, 4) is 0 Å². The van der Waals surface area contributed by atoms with E-state index in [-0.39, 0.29) is 17.0 Å². The maximum absolute atomic E-state index is 13.8. The van der Waals surface area contributed by atoms with Crippen molar-refractivity contribution in [2.45, 2.75) is 19.8 Å². The van der Waals surface area contributed by atoms with E-state index in [0.29, 0.717) is 18.4 Å². The van der Waals surface area contributed by atoms with Crippen LogP contribution in [0.5, 0.6) is 0 Å². The van der Waals surface area contributed by atoms with Crippen LogP contribution in [0.25, 0.3) is 0 Å². The van der Waals surface area contributed by atoms with E-state index in [1.807, 2.05) is 0 Å². The zero-order chi connectivity index (χ0) is 14.0. The average molecular weight is 263 g/mol. The lowest BCUT2D eigenvalue weighted by atomic mass is 10.2. The standard InChI is InChI=1S/C14H14FNO3/c1-8-11(5-6-13(8)17)16-12-4-3-9(7-10(12)15)14(18)19-2/h3-4,7,16H,5-6H2,1-2H3. The predicted molar refractivity (Wildman–Crippen MR) is 68.3 cm³/mol. The second-order valence-corrected chi connectivity index (χ2v) is 4.34. The Morgan fingerprint density at radius 2 is 2.11 bits per heavy atom. The molecule has 0 radical (unpaired) electrons. The number of halogens is 1. The number of nitrogens with one attached hydrogen (secondary N) is 1. The van der Waals surface area contributed by atoms with Crippen molar-refractivity contribution in [3.63, 3.8) is 0 Å². The van der Waals surface area contributed by atoms with Gasteiger partial charge in [-0.1, -0.05) is 0 Å². The second kappa shape index (κ2) is 5.22. The minimum absolute atomic E-state index is 0.0779. The van der Waals surface area contributed by atoms with Crippen LogP contribution >= 0.6 is 0 Å². The molecule has 0 saturated heterocycles. The molecule has 0 spiro atoms. The van der Waals surface area contributed by atoms with E-state index in [4.69, 9.17) is 0 Å². The Bertz CT molecular complexity index is 578. The minimum atomic E-state index is -0.586. The lowest BCUT2D eigenvalue weighted by molar-refractivity contribution is -0.114. The third-order valence-electron chi connectivity index (χ3n) is 3.15. The second-order valence-electron chi connectivity index (χ2n) is 4.34. The number of methoxy groups -OCH3 is 1. The van der Waals surface area contributed by atoms with E-state index < -0.39 is 11.8 Å². The highest BCUT2D eigenvalue weighted by Gasteiger charge is 2.20. The van der Waals surface area contributed by atoms with E-state index in [1.165, 1.54) is 19.2 Å². The van der Waals surface area contributed by atoms with E-state index in [2.05, 4.69) is 10.1 Å². The van der Waals surface area contributed by atoms with Crippen molar-refractivity contribution in [1.82, 2.24) is 0 Å². The summed E-state index contributed by atoms with van der Waals surface area (Å²) in [6, 6.07) is 4.05. The molecule has 19 heavy (non-hydrogen) atoms. The number of rotatable bonds is 3. The Labute approximate surface area is 110 Å². The highest BCUT2D eigenvalue weighted by Crippen LogP contribution is 2.26. The average Bonchev–Trinajstić information content (AvgIpc) is 2.72. The molecule has 0 atom stereocenters. The molecule has 0 bridgehead atoms. The van der Waals surface area contributed by atoms with Crippen molar-refractivity contribution < 1.29 is 18.7 Å². The third-order valence-corrected chi connectivity index (χ3v) is 3.15. The number of carbonyl (C=O) groups excluding carboxylic acids is 2. The van der Waals surface area contributed by atoms with Crippen LogP contribution in [0, 0.1) is 5.82 Å². The number of benzene rings is 1. The van der Waals surface area contributed by atoms with E-state index in [9.17, 15) is 14.0 Å². The first-order chi connectivity index (χ1) is 9.02. The van der Waals surface area contributed by atoms with Crippen molar-refractivity contribution in [2.75, 3.05) is 12.4 Å².